The molecular weight excluding hydrogens is 458 g/mol. The molecule has 1 N–H and O–H groups in total. The Bertz CT molecular complexity index is 1100. The fourth-order valence-electron chi connectivity index (χ4n) is 3.86. The number of ether oxygens (including phenoxy) is 3. The van der Waals surface area contributed by atoms with Gasteiger partial charge in [0.2, 0.25) is 15.9 Å². The average molecular weight is 492 g/mol. The molecule has 0 bridgehead atoms. The van der Waals surface area contributed by atoms with Crippen molar-refractivity contribution >= 4 is 27.3 Å². The lowest BCUT2D eigenvalue weighted by Crippen LogP contribution is -2.35. The summed E-state index contributed by atoms with van der Waals surface area (Å²) in [7, 11) is 1.25. The van der Waals surface area contributed by atoms with Gasteiger partial charge in [-0.2, -0.15) is 4.31 Å². The maximum atomic E-state index is 13.1. The molecule has 10 heteroatoms. The van der Waals surface area contributed by atoms with Gasteiger partial charge in [-0.1, -0.05) is 6.42 Å². The van der Waals surface area contributed by atoms with Crippen LogP contribution >= 0.6 is 0 Å². The molecule has 1 fully saturated rings. The molecule has 2 aromatic rings. The van der Waals surface area contributed by atoms with Crippen molar-refractivity contribution < 1.29 is 27.4 Å². The van der Waals surface area contributed by atoms with E-state index in [2.05, 4.69) is 5.32 Å². The van der Waals surface area contributed by atoms with Crippen LogP contribution in [0, 0.1) is 0 Å². The molecule has 186 valence electrons. The maximum Gasteiger partial charge on any atom is 0.243 e. The Morgan fingerprint density at radius 2 is 1.68 bits per heavy atom. The SMILES string of the molecule is CCOc1ccc(S(=O)(=O)N2CCCCC2)cc1NC(=O)CN(C)c1ccc(OC)c(OC)c1. The molecule has 0 aromatic heterocycles. The molecule has 2 aromatic carbocycles. The Balaban J connectivity index is 1.79. The molecule has 3 rings (SSSR count). The van der Waals surface area contributed by atoms with Crippen LogP contribution in [-0.4, -0.2) is 66.1 Å². The molecular formula is C24H33N3O6S. The van der Waals surface area contributed by atoms with Gasteiger partial charge in [-0.15, -0.1) is 0 Å². The number of sulfonamides is 1. The number of hydrogen-bond acceptors (Lipinski definition) is 7. The number of rotatable bonds is 10. The molecule has 1 aliphatic heterocycles. The number of anilines is 2. The van der Waals surface area contributed by atoms with Crippen LogP contribution in [0.25, 0.3) is 0 Å². The van der Waals surface area contributed by atoms with Crippen molar-refractivity contribution in [1.29, 1.82) is 0 Å². The van der Waals surface area contributed by atoms with Crippen LogP contribution in [0.5, 0.6) is 17.2 Å². The van der Waals surface area contributed by atoms with Crippen molar-refractivity contribution in [3.05, 3.63) is 36.4 Å². The van der Waals surface area contributed by atoms with E-state index in [0.29, 0.717) is 42.6 Å². The van der Waals surface area contributed by atoms with Crippen molar-refractivity contribution in [3.8, 4) is 17.2 Å². The number of hydrogen-bond donors (Lipinski definition) is 1. The van der Waals surface area contributed by atoms with Crippen molar-refractivity contribution in [1.82, 2.24) is 4.31 Å². The Hall–Kier alpha value is -2.98. The molecule has 34 heavy (non-hydrogen) atoms. The third kappa shape index (κ3) is 5.92. The molecule has 0 saturated carbocycles. The first kappa shape index (κ1) is 25.6. The minimum absolute atomic E-state index is 0.0319. The van der Waals surface area contributed by atoms with Crippen LogP contribution in [-0.2, 0) is 14.8 Å². The number of methoxy groups -OCH3 is 2. The van der Waals surface area contributed by atoms with Crippen molar-refractivity contribution in [2.75, 3.05) is 57.7 Å². The minimum Gasteiger partial charge on any atom is -0.493 e. The number of carbonyl (C=O) groups is 1. The molecule has 1 saturated heterocycles. The number of piperidine rings is 1. The zero-order chi connectivity index (χ0) is 24.7. The monoisotopic (exact) mass is 491 g/mol. The fraction of sp³-hybridized carbons (Fsp3) is 0.458. The first-order valence-electron chi connectivity index (χ1n) is 11.3. The van der Waals surface area contributed by atoms with E-state index >= 15 is 0 Å². The van der Waals surface area contributed by atoms with E-state index in [-0.39, 0.29) is 17.3 Å². The van der Waals surface area contributed by atoms with E-state index in [1.165, 1.54) is 16.4 Å². The van der Waals surface area contributed by atoms with Crippen LogP contribution in [0.15, 0.2) is 41.3 Å². The maximum absolute atomic E-state index is 13.1. The van der Waals surface area contributed by atoms with Gasteiger partial charge in [0.15, 0.2) is 11.5 Å². The lowest BCUT2D eigenvalue weighted by atomic mass is 10.2. The molecule has 0 atom stereocenters. The van der Waals surface area contributed by atoms with Crippen molar-refractivity contribution in [3.63, 3.8) is 0 Å². The van der Waals surface area contributed by atoms with Crippen LogP contribution in [0.4, 0.5) is 11.4 Å². The first-order valence-corrected chi connectivity index (χ1v) is 12.7. The summed E-state index contributed by atoms with van der Waals surface area (Å²) < 4.78 is 44.0. The van der Waals surface area contributed by atoms with Gasteiger partial charge in [0.05, 0.1) is 38.0 Å². The summed E-state index contributed by atoms with van der Waals surface area (Å²) in [6.07, 6.45) is 2.73. The topological polar surface area (TPSA) is 97.4 Å². The van der Waals surface area contributed by atoms with Crippen LogP contribution in [0.2, 0.25) is 0 Å². The van der Waals surface area contributed by atoms with Gasteiger partial charge in [-0.3, -0.25) is 4.79 Å². The fourth-order valence-corrected chi connectivity index (χ4v) is 5.41. The lowest BCUT2D eigenvalue weighted by Gasteiger charge is -2.26. The Morgan fingerprint density at radius 1 is 1.00 bits per heavy atom. The molecule has 0 spiro atoms. The van der Waals surface area contributed by atoms with Gasteiger partial charge in [0, 0.05) is 31.9 Å². The summed E-state index contributed by atoms with van der Waals surface area (Å²) in [6, 6.07) is 9.97. The second-order valence-electron chi connectivity index (χ2n) is 8.00. The average Bonchev–Trinajstić information content (AvgIpc) is 2.85. The highest BCUT2D eigenvalue weighted by molar-refractivity contribution is 7.89. The number of carbonyl (C=O) groups excluding carboxylic acids is 1. The zero-order valence-electron chi connectivity index (χ0n) is 20.2. The van der Waals surface area contributed by atoms with E-state index in [0.717, 1.165) is 24.9 Å². The molecule has 0 unspecified atom stereocenters. The smallest absolute Gasteiger partial charge is 0.243 e. The standard InChI is InChI=1S/C24H33N3O6S/c1-5-33-21-12-10-19(34(29,30)27-13-7-6-8-14-27)16-20(21)25-24(28)17-26(2)18-9-11-22(31-3)23(15-18)32-4/h9-12,15-16H,5-8,13-14,17H2,1-4H3,(H,25,28). The largest absolute Gasteiger partial charge is 0.493 e. The van der Waals surface area contributed by atoms with E-state index in [9.17, 15) is 13.2 Å². The van der Waals surface area contributed by atoms with E-state index in [1.54, 1.807) is 44.4 Å². The van der Waals surface area contributed by atoms with Crippen molar-refractivity contribution in [2.24, 2.45) is 0 Å². The quantitative estimate of drug-likeness (QED) is 0.544. The van der Waals surface area contributed by atoms with E-state index < -0.39 is 10.0 Å². The number of likely N-dealkylation sites (N-methyl/N-ethyl adjacent to an activating group) is 1. The third-order valence-electron chi connectivity index (χ3n) is 5.67. The van der Waals surface area contributed by atoms with Crippen LogP contribution < -0.4 is 24.4 Å². The molecule has 1 amide bonds. The number of nitrogens with zero attached hydrogens (tertiary/aromatic N) is 2. The Kier molecular flexibility index (Phi) is 8.62. The third-order valence-corrected chi connectivity index (χ3v) is 7.56. The van der Waals surface area contributed by atoms with Gasteiger partial charge in [0.1, 0.15) is 5.75 Å². The predicted octanol–water partition coefficient (Wildman–Crippen LogP) is 3.35. The van der Waals surface area contributed by atoms with Gasteiger partial charge < -0.3 is 24.4 Å². The molecule has 0 radical (unpaired) electrons. The normalized spacial score (nSPS) is 14.4. The van der Waals surface area contributed by atoms with Gasteiger partial charge in [-0.05, 0) is 50.1 Å². The number of benzene rings is 2. The van der Waals surface area contributed by atoms with E-state index in [1.807, 2.05) is 13.0 Å². The highest BCUT2D eigenvalue weighted by Gasteiger charge is 2.27. The van der Waals surface area contributed by atoms with Gasteiger partial charge >= 0.3 is 0 Å². The van der Waals surface area contributed by atoms with Crippen molar-refractivity contribution in [2.45, 2.75) is 31.1 Å². The van der Waals surface area contributed by atoms with E-state index in [4.69, 9.17) is 14.2 Å². The Labute approximate surface area is 201 Å². The lowest BCUT2D eigenvalue weighted by molar-refractivity contribution is -0.114. The second kappa shape index (κ2) is 11.4. The predicted molar refractivity (Wildman–Crippen MR) is 132 cm³/mol. The van der Waals surface area contributed by atoms with Gasteiger partial charge in [0.25, 0.3) is 0 Å². The summed E-state index contributed by atoms with van der Waals surface area (Å²) in [5.41, 5.74) is 1.09. The number of nitrogens with one attached hydrogen (secondary N) is 1. The highest BCUT2D eigenvalue weighted by Crippen LogP contribution is 2.32. The molecule has 0 aliphatic carbocycles. The van der Waals surface area contributed by atoms with Crippen LogP contribution in [0.1, 0.15) is 26.2 Å². The minimum atomic E-state index is -3.64. The second-order valence-corrected chi connectivity index (χ2v) is 9.94. The van der Waals surface area contributed by atoms with Gasteiger partial charge in [-0.25, -0.2) is 8.42 Å². The summed E-state index contributed by atoms with van der Waals surface area (Å²) >= 11 is 0. The summed E-state index contributed by atoms with van der Waals surface area (Å²) in [4.78, 5) is 14.8. The number of amides is 1. The highest BCUT2D eigenvalue weighted by atomic mass is 32.2. The Morgan fingerprint density at radius 3 is 2.32 bits per heavy atom. The summed E-state index contributed by atoms with van der Waals surface area (Å²) in [5.74, 6) is 1.26. The summed E-state index contributed by atoms with van der Waals surface area (Å²) in [5, 5.41) is 2.82. The molecule has 1 heterocycles. The zero-order valence-corrected chi connectivity index (χ0v) is 21.0. The summed E-state index contributed by atoms with van der Waals surface area (Å²) in [6.45, 7) is 3.26. The first-order chi connectivity index (χ1) is 16.3. The molecule has 9 nitrogen and oxygen atoms in total. The molecule has 1 aliphatic rings. The van der Waals surface area contributed by atoms with Crippen LogP contribution in [0.3, 0.4) is 0 Å².